The van der Waals surface area contributed by atoms with Crippen LogP contribution in [0.25, 0.3) is 0 Å². The fourth-order valence-electron chi connectivity index (χ4n) is 4.26. The molecule has 0 bridgehead atoms. The summed E-state index contributed by atoms with van der Waals surface area (Å²) >= 11 is 0. The summed E-state index contributed by atoms with van der Waals surface area (Å²) in [5.74, 6) is 1.50. The van der Waals surface area contributed by atoms with E-state index in [-0.39, 0.29) is 24.2 Å². The molecule has 1 unspecified atom stereocenters. The second-order valence-electron chi connectivity index (χ2n) is 7.44. The van der Waals surface area contributed by atoms with Crippen molar-refractivity contribution in [2.24, 2.45) is 11.8 Å². The predicted octanol–water partition coefficient (Wildman–Crippen LogP) is 2.05. The average Bonchev–Trinajstić information content (AvgIpc) is 3.15. The first-order valence-corrected chi connectivity index (χ1v) is 9.51. The molecule has 0 spiro atoms. The molecule has 3 fully saturated rings. The second kappa shape index (κ2) is 9.62. The number of hydrogen-bond donors (Lipinski definition) is 1. The molecule has 1 saturated carbocycles. The highest BCUT2D eigenvalue weighted by Crippen LogP contribution is 2.27. The van der Waals surface area contributed by atoms with Crippen molar-refractivity contribution in [1.29, 1.82) is 0 Å². The van der Waals surface area contributed by atoms with Gasteiger partial charge in [0.1, 0.15) is 0 Å². The highest BCUT2D eigenvalue weighted by atomic mass is 35.5. The van der Waals surface area contributed by atoms with E-state index in [1.165, 1.54) is 32.1 Å². The molecular formula is C18H32ClN3O2. The summed E-state index contributed by atoms with van der Waals surface area (Å²) in [6.45, 7) is 4.63. The number of nitrogens with one attached hydrogen (secondary N) is 1. The smallest absolute Gasteiger partial charge is 0.227 e. The first kappa shape index (κ1) is 19.5. The summed E-state index contributed by atoms with van der Waals surface area (Å²) in [7, 11) is 0. The molecule has 0 radical (unpaired) electrons. The minimum atomic E-state index is 0. The Balaban J connectivity index is 0.00000208. The third-order valence-electron chi connectivity index (χ3n) is 5.84. The van der Waals surface area contributed by atoms with Crippen LogP contribution in [-0.2, 0) is 9.59 Å². The number of halogens is 1. The van der Waals surface area contributed by atoms with Crippen molar-refractivity contribution in [1.82, 2.24) is 15.1 Å². The number of nitrogens with zero attached hydrogens (tertiary/aromatic N) is 2. The normalized spacial score (nSPS) is 25.4. The summed E-state index contributed by atoms with van der Waals surface area (Å²) in [6, 6.07) is 0. The van der Waals surface area contributed by atoms with Gasteiger partial charge in [0.15, 0.2) is 0 Å². The average molecular weight is 358 g/mol. The Morgan fingerprint density at radius 3 is 2.21 bits per heavy atom. The highest BCUT2D eigenvalue weighted by Gasteiger charge is 2.30. The molecule has 6 heteroatoms. The summed E-state index contributed by atoms with van der Waals surface area (Å²) < 4.78 is 0. The number of hydrogen-bond acceptors (Lipinski definition) is 3. The zero-order valence-corrected chi connectivity index (χ0v) is 15.5. The van der Waals surface area contributed by atoms with Crippen LogP contribution in [0.1, 0.15) is 51.4 Å². The molecule has 138 valence electrons. The maximum atomic E-state index is 12.4. The molecule has 0 aromatic rings. The summed E-state index contributed by atoms with van der Waals surface area (Å²) in [4.78, 5) is 28.7. The molecule has 2 aliphatic heterocycles. The standard InChI is InChI=1S/C18H31N3O2.ClH/c22-17(7-6-15-4-2-1-3-5-15)20-10-12-21(13-11-20)18(23)16-8-9-19-14-16;/h15-16,19H,1-14H2;1H. The summed E-state index contributed by atoms with van der Waals surface area (Å²) in [5, 5.41) is 3.26. The van der Waals surface area contributed by atoms with Crippen molar-refractivity contribution in [3.63, 3.8) is 0 Å². The Morgan fingerprint density at radius 1 is 0.917 bits per heavy atom. The van der Waals surface area contributed by atoms with E-state index in [2.05, 4.69) is 5.32 Å². The largest absolute Gasteiger partial charge is 0.339 e. The van der Waals surface area contributed by atoms with E-state index in [0.717, 1.165) is 44.9 Å². The van der Waals surface area contributed by atoms with Crippen LogP contribution < -0.4 is 5.32 Å². The van der Waals surface area contributed by atoms with E-state index in [0.29, 0.717) is 25.4 Å². The fourth-order valence-corrected chi connectivity index (χ4v) is 4.26. The van der Waals surface area contributed by atoms with Crippen molar-refractivity contribution in [2.75, 3.05) is 39.3 Å². The van der Waals surface area contributed by atoms with Gasteiger partial charge in [-0.3, -0.25) is 9.59 Å². The minimum absolute atomic E-state index is 0. The molecule has 0 aromatic carbocycles. The number of amides is 2. The fraction of sp³-hybridized carbons (Fsp3) is 0.889. The van der Waals surface area contributed by atoms with Crippen LogP contribution in [0.5, 0.6) is 0 Å². The van der Waals surface area contributed by atoms with E-state index in [1.54, 1.807) is 0 Å². The van der Waals surface area contributed by atoms with Crippen molar-refractivity contribution in [3.8, 4) is 0 Å². The molecule has 3 aliphatic rings. The van der Waals surface area contributed by atoms with Gasteiger partial charge < -0.3 is 15.1 Å². The SMILES string of the molecule is Cl.O=C(CCC1CCCCC1)N1CCN(C(=O)C2CCNC2)CC1. The van der Waals surface area contributed by atoms with Crippen molar-refractivity contribution >= 4 is 24.2 Å². The Kier molecular flexibility index (Phi) is 7.82. The zero-order chi connectivity index (χ0) is 16.1. The molecule has 0 aromatic heterocycles. The van der Waals surface area contributed by atoms with Gasteiger partial charge in [0.2, 0.25) is 11.8 Å². The van der Waals surface area contributed by atoms with Crippen LogP contribution in [0, 0.1) is 11.8 Å². The molecule has 5 nitrogen and oxygen atoms in total. The van der Waals surface area contributed by atoms with Gasteiger partial charge in [0.05, 0.1) is 5.92 Å². The molecule has 2 saturated heterocycles. The lowest BCUT2D eigenvalue weighted by molar-refractivity contribution is -0.141. The van der Waals surface area contributed by atoms with Crippen LogP contribution in [0.4, 0.5) is 0 Å². The topological polar surface area (TPSA) is 52.7 Å². The summed E-state index contributed by atoms with van der Waals surface area (Å²) in [6.07, 6.45) is 9.40. The van der Waals surface area contributed by atoms with Gasteiger partial charge in [-0.1, -0.05) is 32.1 Å². The lowest BCUT2D eigenvalue weighted by Crippen LogP contribution is -2.52. The van der Waals surface area contributed by atoms with Crippen LogP contribution in [0.3, 0.4) is 0 Å². The van der Waals surface area contributed by atoms with Crippen LogP contribution in [0.2, 0.25) is 0 Å². The van der Waals surface area contributed by atoms with Crippen molar-refractivity contribution in [2.45, 2.75) is 51.4 Å². The van der Waals surface area contributed by atoms with E-state index in [1.807, 2.05) is 9.80 Å². The van der Waals surface area contributed by atoms with E-state index < -0.39 is 0 Å². The number of rotatable bonds is 4. The lowest BCUT2D eigenvalue weighted by Gasteiger charge is -2.36. The van der Waals surface area contributed by atoms with E-state index in [4.69, 9.17) is 0 Å². The first-order chi connectivity index (χ1) is 11.2. The maximum Gasteiger partial charge on any atom is 0.227 e. The van der Waals surface area contributed by atoms with Gasteiger partial charge in [0.25, 0.3) is 0 Å². The lowest BCUT2D eigenvalue weighted by atomic mass is 9.86. The molecule has 1 atom stereocenters. The Hall–Kier alpha value is -0.810. The van der Waals surface area contributed by atoms with E-state index in [9.17, 15) is 9.59 Å². The Labute approximate surface area is 151 Å². The van der Waals surface area contributed by atoms with Crippen LogP contribution in [0.15, 0.2) is 0 Å². The quantitative estimate of drug-likeness (QED) is 0.837. The molecule has 1 N–H and O–H groups in total. The van der Waals surface area contributed by atoms with Gasteiger partial charge in [-0.2, -0.15) is 0 Å². The maximum absolute atomic E-state index is 12.4. The highest BCUT2D eigenvalue weighted by molar-refractivity contribution is 5.85. The monoisotopic (exact) mass is 357 g/mol. The number of piperazine rings is 1. The second-order valence-corrected chi connectivity index (χ2v) is 7.44. The third-order valence-corrected chi connectivity index (χ3v) is 5.84. The van der Waals surface area contributed by atoms with Crippen LogP contribution in [-0.4, -0.2) is 60.9 Å². The van der Waals surface area contributed by atoms with Gasteiger partial charge in [0, 0.05) is 39.1 Å². The number of carbonyl (C=O) groups excluding carboxylic acids is 2. The molecule has 24 heavy (non-hydrogen) atoms. The van der Waals surface area contributed by atoms with Crippen LogP contribution >= 0.6 is 12.4 Å². The van der Waals surface area contributed by atoms with Gasteiger partial charge in [-0.15, -0.1) is 12.4 Å². The number of carbonyl (C=O) groups is 2. The molecule has 2 heterocycles. The summed E-state index contributed by atoms with van der Waals surface area (Å²) in [5.41, 5.74) is 0. The van der Waals surface area contributed by atoms with Gasteiger partial charge >= 0.3 is 0 Å². The van der Waals surface area contributed by atoms with Gasteiger partial charge in [-0.05, 0) is 25.3 Å². The van der Waals surface area contributed by atoms with Crippen molar-refractivity contribution in [3.05, 3.63) is 0 Å². The first-order valence-electron chi connectivity index (χ1n) is 9.51. The molecule has 1 aliphatic carbocycles. The molecular weight excluding hydrogens is 326 g/mol. The van der Waals surface area contributed by atoms with Crippen molar-refractivity contribution < 1.29 is 9.59 Å². The Morgan fingerprint density at radius 2 is 1.58 bits per heavy atom. The predicted molar refractivity (Wildman–Crippen MR) is 97.2 cm³/mol. The minimum Gasteiger partial charge on any atom is -0.339 e. The third kappa shape index (κ3) is 5.09. The zero-order valence-electron chi connectivity index (χ0n) is 14.7. The molecule has 2 amide bonds. The Bertz CT molecular complexity index is 412. The van der Waals surface area contributed by atoms with E-state index >= 15 is 0 Å². The molecule has 3 rings (SSSR count). The van der Waals surface area contributed by atoms with Gasteiger partial charge in [-0.25, -0.2) is 0 Å².